The Morgan fingerprint density at radius 2 is 1.80 bits per heavy atom. The van der Waals surface area contributed by atoms with Crippen molar-refractivity contribution in [2.45, 2.75) is 65.0 Å². The molecule has 1 aromatic rings. The normalized spacial score (nSPS) is 23.7. The highest BCUT2D eigenvalue weighted by molar-refractivity contribution is 5.72. The second-order valence-electron chi connectivity index (χ2n) is 8.18. The zero-order chi connectivity index (χ0) is 18.5. The van der Waals surface area contributed by atoms with E-state index in [-0.39, 0.29) is 18.4 Å². The molecule has 1 amide bonds. The van der Waals surface area contributed by atoms with Crippen LogP contribution in [0.15, 0.2) is 30.3 Å². The molecule has 2 rings (SSSR count). The van der Waals surface area contributed by atoms with Gasteiger partial charge in [-0.25, -0.2) is 4.79 Å². The van der Waals surface area contributed by atoms with E-state index in [0.717, 1.165) is 18.4 Å². The van der Waals surface area contributed by atoms with E-state index in [4.69, 9.17) is 4.74 Å². The lowest BCUT2D eigenvalue weighted by molar-refractivity contribution is -0.139. The van der Waals surface area contributed by atoms with Crippen molar-refractivity contribution in [1.29, 1.82) is 0 Å². The van der Waals surface area contributed by atoms with E-state index in [1.807, 2.05) is 30.3 Å². The van der Waals surface area contributed by atoms with Gasteiger partial charge in [0, 0.05) is 0 Å². The van der Waals surface area contributed by atoms with Crippen molar-refractivity contribution in [2.24, 2.45) is 11.3 Å². The smallest absolute Gasteiger partial charge is 0.407 e. The SMILES string of the molecule is CC(C)(C)C1CCC(CC(=O)O)(NC(=O)OCc2ccccc2)CC1. The van der Waals surface area contributed by atoms with Crippen LogP contribution in [0.2, 0.25) is 0 Å². The molecular weight excluding hydrogens is 318 g/mol. The molecule has 1 aliphatic carbocycles. The number of carboxylic acid groups (broad SMARTS) is 1. The summed E-state index contributed by atoms with van der Waals surface area (Å²) in [7, 11) is 0. The summed E-state index contributed by atoms with van der Waals surface area (Å²) < 4.78 is 5.29. The Balaban J connectivity index is 1.96. The summed E-state index contributed by atoms with van der Waals surface area (Å²) in [5, 5.41) is 12.1. The van der Waals surface area contributed by atoms with E-state index in [1.165, 1.54) is 0 Å². The standard InChI is InChI=1S/C20H29NO4/c1-19(2,3)16-9-11-20(12-10-16,13-17(22)23)21-18(24)25-14-15-7-5-4-6-8-15/h4-8,16H,9-14H2,1-3H3,(H,21,24)(H,22,23). The summed E-state index contributed by atoms with van der Waals surface area (Å²) in [6.07, 6.45) is 2.55. The summed E-state index contributed by atoms with van der Waals surface area (Å²) in [6, 6.07) is 9.44. The maximum absolute atomic E-state index is 12.2. The Hall–Kier alpha value is -2.04. The lowest BCUT2D eigenvalue weighted by Crippen LogP contribution is -2.52. The Morgan fingerprint density at radius 1 is 1.20 bits per heavy atom. The van der Waals surface area contributed by atoms with Crippen molar-refractivity contribution in [3.63, 3.8) is 0 Å². The highest BCUT2D eigenvalue weighted by Gasteiger charge is 2.41. The minimum atomic E-state index is -0.891. The van der Waals surface area contributed by atoms with Gasteiger partial charge < -0.3 is 15.2 Å². The summed E-state index contributed by atoms with van der Waals surface area (Å²) in [6.45, 7) is 6.82. The molecule has 1 aliphatic rings. The van der Waals surface area contributed by atoms with Gasteiger partial charge in [0.25, 0.3) is 0 Å². The van der Waals surface area contributed by atoms with E-state index in [1.54, 1.807) is 0 Å². The molecule has 0 saturated heterocycles. The number of nitrogens with one attached hydrogen (secondary N) is 1. The van der Waals surface area contributed by atoms with Crippen LogP contribution >= 0.6 is 0 Å². The van der Waals surface area contributed by atoms with Crippen molar-refractivity contribution in [2.75, 3.05) is 0 Å². The molecule has 0 atom stereocenters. The first kappa shape index (κ1) is 19.3. The molecule has 0 bridgehead atoms. The van der Waals surface area contributed by atoms with Crippen LogP contribution < -0.4 is 5.32 Å². The average Bonchev–Trinajstić information content (AvgIpc) is 2.52. The van der Waals surface area contributed by atoms with Crippen molar-refractivity contribution in [3.8, 4) is 0 Å². The van der Waals surface area contributed by atoms with Gasteiger partial charge in [-0.2, -0.15) is 0 Å². The highest BCUT2D eigenvalue weighted by atomic mass is 16.5. The van der Waals surface area contributed by atoms with Gasteiger partial charge in [-0.05, 0) is 42.6 Å². The van der Waals surface area contributed by atoms with Gasteiger partial charge in [-0.3, -0.25) is 4.79 Å². The number of benzene rings is 1. The summed E-state index contributed by atoms with van der Waals surface area (Å²) in [4.78, 5) is 23.5. The van der Waals surface area contributed by atoms with Gasteiger partial charge in [0.2, 0.25) is 0 Å². The molecule has 0 unspecified atom stereocenters. The van der Waals surface area contributed by atoms with Crippen molar-refractivity contribution in [3.05, 3.63) is 35.9 Å². The molecular formula is C20H29NO4. The molecule has 1 fully saturated rings. The Labute approximate surface area is 149 Å². The second-order valence-corrected chi connectivity index (χ2v) is 8.18. The van der Waals surface area contributed by atoms with Crippen LogP contribution in [0, 0.1) is 11.3 Å². The fourth-order valence-corrected chi connectivity index (χ4v) is 3.65. The number of rotatable bonds is 5. The fourth-order valence-electron chi connectivity index (χ4n) is 3.65. The van der Waals surface area contributed by atoms with Crippen molar-refractivity contribution in [1.82, 2.24) is 5.32 Å². The van der Waals surface area contributed by atoms with E-state index < -0.39 is 17.6 Å². The van der Waals surface area contributed by atoms with Crippen molar-refractivity contribution < 1.29 is 19.4 Å². The molecule has 1 aromatic carbocycles. The van der Waals surface area contributed by atoms with Crippen LogP contribution in [0.5, 0.6) is 0 Å². The van der Waals surface area contributed by atoms with Crippen LogP contribution in [-0.2, 0) is 16.1 Å². The molecule has 0 aromatic heterocycles. The molecule has 0 spiro atoms. The second kappa shape index (κ2) is 7.89. The third kappa shape index (κ3) is 5.76. The van der Waals surface area contributed by atoms with E-state index in [9.17, 15) is 14.7 Å². The third-order valence-electron chi connectivity index (χ3n) is 5.24. The molecule has 138 valence electrons. The molecule has 25 heavy (non-hydrogen) atoms. The number of carbonyl (C=O) groups excluding carboxylic acids is 1. The Morgan fingerprint density at radius 3 is 2.32 bits per heavy atom. The van der Waals surface area contributed by atoms with Gasteiger partial charge >= 0.3 is 12.1 Å². The molecule has 1 saturated carbocycles. The topological polar surface area (TPSA) is 75.6 Å². The molecule has 5 heteroatoms. The quantitative estimate of drug-likeness (QED) is 0.829. The van der Waals surface area contributed by atoms with Gasteiger partial charge in [-0.15, -0.1) is 0 Å². The Bertz CT molecular complexity index is 583. The van der Waals surface area contributed by atoms with Crippen LogP contribution in [0.1, 0.15) is 58.4 Å². The number of ether oxygens (including phenoxy) is 1. The van der Waals surface area contributed by atoms with Crippen LogP contribution in [0.4, 0.5) is 4.79 Å². The first-order chi connectivity index (χ1) is 11.7. The van der Waals surface area contributed by atoms with Gasteiger partial charge in [0.1, 0.15) is 6.61 Å². The van der Waals surface area contributed by atoms with E-state index in [0.29, 0.717) is 18.8 Å². The maximum Gasteiger partial charge on any atom is 0.407 e. The van der Waals surface area contributed by atoms with Crippen LogP contribution in [-0.4, -0.2) is 22.7 Å². The highest BCUT2D eigenvalue weighted by Crippen LogP contribution is 2.42. The van der Waals surface area contributed by atoms with Crippen LogP contribution in [0.25, 0.3) is 0 Å². The number of hydrogen-bond donors (Lipinski definition) is 2. The predicted molar refractivity (Wildman–Crippen MR) is 96.2 cm³/mol. The molecule has 5 nitrogen and oxygen atoms in total. The number of amides is 1. The number of carboxylic acids is 1. The van der Waals surface area contributed by atoms with Gasteiger partial charge in [-0.1, -0.05) is 51.1 Å². The summed E-state index contributed by atoms with van der Waals surface area (Å²) in [5.41, 5.74) is 0.395. The van der Waals surface area contributed by atoms with Gasteiger partial charge in [0.15, 0.2) is 0 Å². The number of aliphatic carboxylic acids is 1. The van der Waals surface area contributed by atoms with Crippen LogP contribution in [0.3, 0.4) is 0 Å². The molecule has 0 radical (unpaired) electrons. The molecule has 2 N–H and O–H groups in total. The zero-order valence-electron chi connectivity index (χ0n) is 15.4. The molecule has 0 heterocycles. The lowest BCUT2D eigenvalue weighted by Gasteiger charge is -2.43. The number of alkyl carbamates (subject to hydrolysis) is 1. The van der Waals surface area contributed by atoms with Gasteiger partial charge in [0.05, 0.1) is 12.0 Å². The summed E-state index contributed by atoms with van der Waals surface area (Å²) in [5.74, 6) is -0.353. The first-order valence-electron chi connectivity index (χ1n) is 8.91. The Kier molecular flexibility index (Phi) is 6.09. The summed E-state index contributed by atoms with van der Waals surface area (Å²) >= 11 is 0. The number of carbonyl (C=O) groups is 2. The van der Waals surface area contributed by atoms with Crippen molar-refractivity contribution >= 4 is 12.1 Å². The number of hydrogen-bond acceptors (Lipinski definition) is 3. The lowest BCUT2D eigenvalue weighted by atomic mass is 9.66. The largest absolute Gasteiger partial charge is 0.481 e. The zero-order valence-corrected chi connectivity index (χ0v) is 15.4. The average molecular weight is 347 g/mol. The fraction of sp³-hybridized carbons (Fsp3) is 0.600. The third-order valence-corrected chi connectivity index (χ3v) is 5.24. The molecule has 0 aliphatic heterocycles. The maximum atomic E-state index is 12.2. The monoisotopic (exact) mass is 347 g/mol. The van der Waals surface area contributed by atoms with E-state index in [2.05, 4.69) is 26.1 Å². The minimum absolute atomic E-state index is 0.0652. The first-order valence-corrected chi connectivity index (χ1v) is 8.91. The minimum Gasteiger partial charge on any atom is -0.481 e. The van der Waals surface area contributed by atoms with E-state index >= 15 is 0 Å². The predicted octanol–water partition coefficient (Wildman–Crippen LogP) is 4.36.